The molecule has 1 amide bonds. The maximum absolute atomic E-state index is 13.2. The van der Waals surface area contributed by atoms with Crippen LogP contribution in [0, 0.1) is 10.5 Å². The summed E-state index contributed by atoms with van der Waals surface area (Å²) in [7, 11) is 0. The van der Waals surface area contributed by atoms with Gasteiger partial charge in [-0.05, 0) is 58.8 Å². The second-order valence-electron chi connectivity index (χ2n) is 7.14. The second kappa shape index (κ2) is 9.27. The van der Waals surface area contributed by atoms with Gasteiger partial charge in [-0.2, -0.15) is 31.4 Å². The predicted octanol–water partition coefficient (Wildman–Crippen LogP) is 5.83. The molecule has 0 unspecified atom stereocenters. The van der Waals surface area contributed by atoms with Crippen molar-refractivity contribution < 1.29 is 41.0 Å². The topological polar surface area (TPSA) is 84.2 Å². The molecule has 3 rings (SSSR count). The average Bonchev–Trinajstić information content (AvgIpc) is 3.14. The van der Waals surface area contributed by atoms with Crippen molar-refractivity contribution in [2.75, 3.05) is 5.32 Å². The van der Waals surface area contributed by atoms with Gasteiger partial charge in [0.25, 0.3) is 5.91 Å². The Kier molecular flexibility index (Phi) is 6.96. The number of nitrogens with one attached hydrogen (secondary N) is 1. The minimum atomic E-state index is -5.05. The molecule has 180 valence electrons. The van der Waals surface area contributed by atoms with Crippen molar-refractivity contribution in [3.05, 3.63) is 79.7 Å². The van der Waals surface area contributed by atoms with Crippen molar-refractivity contribution >= 4 is 40.2 Å². The van der Waals surface area contributed by atoms with Crippen LogP contribution in [0.3, 0.4) is 0 Å². The molecule has 6 nitrogen and oxygen atoms in total. The number of halogens is 7. The number of carbonyl (C=O) groups excluding carboxylic acids is 1. The van der Waals surface area contributed by atoms with E-state index in [-0.39, 0.29) is 33.1 Å². The first-order valence-electron chi connectivity index (χ1n) is 9.33. The van der Waals surface area contributed by atoms with Gasteiger partial charge in [0.1, 0.15) is 5.69 Å². The number of hydrogen-bond donors (Lipinski definition) is 2. The molecule has 34 heavy (non-hydrogen) atoms. The Hall–Kier alpha value is -3.10. The van der Waals surface area contributed by atoms with Crippen LogP contribution in [0.1, 0.15) is 43.2 Å². The van der Waals surface area contributed by atoms with Gasteiger partial charge < -0.3 is 10.4 Å². The number of carboxylic acids is 1. The zero-order valence-corrected chi connectivity index (χ0v) is 19.2. The third-order valence-electron chi connectivity index (χ3n) is 4.70. The van der Waals surface area contributed by atoms with Crippen LogP contribution in [0.5, 0.6) is 0 Å². The number of nitrogens with zero attached hydrogens (tertiary/aromatic N) is 2. The lowest BCUT2D eigenvalue weighted by Gasteiger charge is -2.14. The number of aromatic carboxylic acids is 1. The fraction of sp³-hybridized carbons (Fsp3) is 0.190. The Labute approximate surface area is 201 Å². The maximum atomic E-state index is 13.2. The van der Waals surface area contributed by atoms with Gasteiger partial charge in [-0.3, -0.25) is 9.48 Å². The molecule has 1 heterocycles. The average molecular weight is 597 g/mol. The highest BCUT2D eigenvalue weighted by molar-refractivity contribution is 14.1. The number of rotatable bonds is 5. The molecule has 13 heteroatoms. The van der Waals surface area contributed by atoms with E-state index >= 15 is 0 Å². The van der Waals surface area contributed by atoms with Crippen LogP contribution in [0.15, 0.2) is 42.5 Å². The van der Waals surface area contributed by atoms with Gasteiger partial charge in [0.05, 0.1) is 17.7 Å². The molecule has 0 aliphatic heterocycles. The van der Waals surface area contributed by atoms with Crippen molar-refractivity contribution in [2.24, 2.45) is 0 Å². The Morgan fingerprint density at radius 2 is 1.74 bits per heavy atom. The summed E-state index contributed by atoms with van der Waals surface area (Å²) >= 11 is 1.78. The lowest BCUT2D eigenvalue weighted by atomic mass is 10.1. The van der Waals surface area contributed by atoms with E-state index in [1.807, 2.05) is 0 Å². The summed E-state index contributed by atoms with van der Waals surface area (Å²) in [6.07, 6.45) is -10.1. The quantitative estimate of drug-likeness (QED) is 0.287. The van der Waals surface area contributed by atoms with Gasteiger partial charge >= 0.3 is 18.3 Å². The molecule has 2 aromatic carbocycles. The molecule has 0 atom stereocenters. The first kappa shape index (κ1) is 25.5. The number of aromatic nitrogens is 2. The van der Waals surface area contributed by atoms with E-state index in [1.54, 1.807) is 22.6 Å². The summed E-state index contributed by atoms with van der Waals surface area (Å²) in [5.74, 6) is -2.01. The number of hydrogen-bond acceptors (Lipinski definition) is 3. The Morgan fingerprint density at radius 1 is 1.06 bits per heavy atom. The molecule has 2 N–H and O–H groups in total. The summed E-state index contributed by atoms with van der Waals surface area (Å²) in [4.78, 5) is 24.2. The van der Waals surface area contributed by atoms with Crippen LogP contribution < -0.4 is 5.32 Å². The van der Waals surface area contributed by atoms with Gasteiger partial charge in [0, 0.05) is 15.3 Å². The molecule has 0 saturated heterocycles. The predicted molar refractivity (Wildman–Crippen MR) is 117 cm³/mol. The van der Waals surface area contributed by atoms with Crippen LogP contribution in [0.2, 0.25) is 0 Å². The van der Waals surface area contributed by atoms with Crippen LogP contribution >= 0.6 is 22.6 Å². The fourth-order valence-electron chi connectivity index (χ4n) is 3.16. The van der Waals surface area contributed by atoms with E-state index in [2.05, 4.69) is 10.4 Å². The molecule has 0 spiro atoms. The molecular formula is C21H14F6IN3O3. The molecule has 1 aromatic heterocycles. The van der Waals surface area contributed by atoms with E-state index in [0.717, 1.165) is 0 Å². The number of carbonyl (C=O) groups is 2. The number of alkyl halides is 6. The Morgan fingerprint density at radius 3 is 2.29 bits per heavy atom. The largest absolute Gasteiger partial charge is 0.478 e. The number of anilines is 1. The van der Waals surface area contributed by atoms with Gasteiger partial charge in [-0.15, -0.1) is 0 Å². The fourth-order valence-corrected chi connectivity index (χ4v) is 3.89. The van der Waals surface area contributed by atoms with Gasteiger partial charge in [0.15, 0.2) is 5.69 Å². The lowest BCUT2D eigenvalue weighted by molar-refractivity contribution is -0.144. The first-order valence-corrected chi connectivity index (χ1v) is 10.4. The molecule has 0 bridgehead atoms. The van der Waals surface area contributed by atoms with E-state index in [9.17, 15) is 41.0 Å². The van der Waals surface area contributed by atoms with Crippen molar-refractivity contribution in [3.63, 3.8) is 0 Å². The SMILES string of the molecule is Cc1cc(Cn2nc(C(F)(F)F)cc2C(F)(F)F)ccc1NC(=O)c1cccc(I)c1C(=O)O. The van der Waals surface area contributed by atoms with Gasteiger partial charge in [0.2, 0.25) is 0 Å². The normalized spacial score (nSPS) is 12.0. The number of amides is 1. The Bertz CT molecular complexity index is 1270. The van der Waals surface area contributed by atoms with Gasteiger partial charge in [-0.25, -0.2) is 4.79 Å². The number of benzene rings is 2. The van der Waals surface area contributed by atoms with Crippen LogP contribution in [0.4, 0.5) is 32.0 Å². The summed E-state index contributed by atoms with van der Waals surface area (Å²) < 4.78 is 78.8. The van der Waals surface area contributed by atoms with E-state index in [4.69, 9.17) is 0 Å². The third kappa shape index (κ3) is 5.51. The van der Waals surface area contributed by atoms with Crippen molar-refractivity contribution in [3.8, 4) is 0 Å². The minimum Gasteiger partial charge on any atom is -0.478 e. The highest BCUT2D eigenvalue weighted by atomic mass is 127. The maximum Gasteiger partial charge on any atom is 0.435 e. The van der Waals surface area contributed by atoms with Crippen LogP contribution in [0.25, 0.3) is 0 Å². The minimum absolute atomic E-state index is 0.0529. The molecule has 3 aromatic rings. The third-order valence-corrected chi connectivity index (χ3v) is 5.60. The zero-order chi connectivity index (χ0) is 25.4. The van der Waals surface area contributed by atoms with Crippen LogP contribution in [-0.4, -0.2) is 26.8 Å². The second-order valence-corrected chi connectivity index (χ2v) is 8.30. The van der Waals surface area contributed by atoms with Crippen molar-refractivity contribution in [1.82, 2.24) is 9.78 Å². The summed E-state index contributed by atoms with van der Waals surface area (Å²) in [6, 6.07) is 8.38. The summed E-state index contributed by atoms with van der Waals surface area (Å²) in [5.41, 5.74) is -2.63. The molecule has 0 aliphatic rings. The van der Waals surface area contributed by atoms with Crippen molar-refractivity contribution in [2.45, 2.75) is 25.8 Å². The van der Waals surface area contributed by atoms with Crippen LogP contribution in [-0.2, 0) is 18.9 Å². The van der Waals surface area contributed by atoms with E-state index in [0.29, 0.717) is 9.13 Å². The molecule has 0 saturated carbocycles. The summed E-state index contributed by atoms with van der Waals surface area (Å²) in [6.45, 7) is 0.931. The molecule has 0 radical (unpaired) electrons. The highest BCUT2D eigenvalue weighted by Gasteiger charge is 2.41. The monoisotopic (exact) mass is 597 g/mol. The van der Waals surface area contributed by atoms with E-state index < -0.39 is 42.2 Å². The zero-order valence-electron chi connectivity index (χ0n) is 17.1. The smallest absolute Gasteiger partial charge is 0.435 e. The molecular weight excluding hydrogens is 583 g/mol. The van der Waals surface area contributed by atoms with E-state index in [1.165, 1.54) is 43.3 Å². The molecule has 0 fully saturated rings. The van der Waals surface area contributed by atoms with Gasteiger partial charge in [-0.1, -0.05) is 18.2 Å². The standard InChI is InChI=1S/C21H14F6IN3O3/c1-10-7-11(9-31-16(21(25,26)27)8-15(30-31)20(22,23)24)5-6-14(10)29-18(32)12-3-2-4-13(28)17(12)19(33)34/h2-8H,9H2,1H3,(H,29,32)(H,33,34). The van der Waals surface area contributed by atoms with Crippen molar-refractivity contribution in [1.29, 1.82) is 0 Å². The number of aryl methyl sites for hydroxylation is 1. The Balaban J connectivity index is 1.88. The lowest BCUT2D eigenvalue weighted by Crippen LogP contribution is -2.18. The first-order chi connectivity index (χ1) is 15.7. The highest BCUT2D eigenvalue weighted by Crippen LogP contribution is 2.35. The number of carboxylic acid groups (broad SMARTS) is 1. The summed E-state index contributed by atoms with van der Waals surface area (Å²) in [5, 5.41) is 15.0. The molecule has 0 aliphatic carbocycles.